The Morgan fingerprint density at radius 3 is 2.72 bits per heavy atom. The number of hydrogen-bond donors (Lipinski definition) is 1. The van der Waals surface area contributed by atoms with E-state index in [9.17, 15) is 0 Å². The van der Waals surface area contributed by atoms with Gasteiger partial charge in [0.2, 0.25) is 0 Å². The molecule has 0 spiro atoms. The number of benzene rings is 1. The second-order valence-corrected chi connectivity index (χ2v) is 7.22. The lowest BCUT2D eigenvalue weighted by Crippen LogP contribution is -2.35. The van der Waals surface area contributed by atoms with Crippen LogP contribution in [0.3, 0.4) is 0 Å². The molecule has 1 heterocycles. The lowest BCUT2D eigenvalue weighted by Gasteiger charge is -2.27. The van der Waals surface area contributed by atoms with E-state index in [1.165, 1.54) is 37.0 Å². The molecule has 1 fully saturated rings. The fraction of sp³-hybridized carbons (Fsp3) is 0.625. The third-order valence-electron chi connectivity index (χ3n) is 3.80. The minimum absolute atomic E-state index is 0.459. The predicted molar refractivity (Wildman–Crippen MR) is 82.2 cm³/mol. The van der Waals surface area contributed by atoms with Crippen LogP contribution >= 0.6 is 11.8 Å². The van der Waals surface area contributed by atoms with Gasteiger partial charge in [0.25, 0.3) is 0 Å². The molecule has 0 aromatic heterocycles. The molecule has 0 saturated carbocycles. The quantitative estimate of drug-likeness (QED) is 0.816. The monoisotopic (exact) mass is 263 g/mol. The van der Waals surface area contributed by atoms with Crippen LogP contribution in [0.2, 0.25) is 0 Å². The topological polar surface area (TPSA) is 12.0 Å². The summed E-state index contributed by atoms with van der Waals surface area (Å²) in [5, 5.41) is 3.80. The zero-order valence-corrected chi connectivity index (χ0v) is 12.4. The summed E-state index contributed by atoms with van der Waals surface area (Å²) in [4.78, 5) is 0. The van der Waals surface area contributed by atoms with E-state index in [4.69, 9.17) is 0 Å². The van der Waals surface area contributed by atoms with Gasteiger partial charge in [0.05, 0.1) is 0 Å². The van der Waals surface area contributed by atoms with Gasteiger partial charge in [0, 0.05) is 17.3 Å². The Bertz CT molecular complexity index is 343. The standard InChI is InChI=1S/C16H25NS/c1-3-8-15(14-9-5-4-6-10-14)17-13-16(2)11-7-12-18-16/h4-6,9-10,15,17H,3,7-8,11-13H2,1-2H3. The molecule has 1 aromatic carbocycles. The second kappa shape index (κ2) is 6.63. The molecule has 1 aliphatic rings. The Labute approximate surface area is 116 Å². The van der Waals surface area contributed by atoms with Crippen molar-refractivity contribution in [1.82, 2.24) is 5.32 Å². The van der Waals surface area contributed by atoms with E-state index in [0.717, 1.165) is 6.54 Å². The normalized spacial score (nSPS) is 25.2. The zero-order chi connectivity index (χ0) is 12.8. The van der Waals surface area contributed by atoms with Crippen LogP contribution in [0.1, 0.15) is 51.1 Å². The van der Waals surface area contributed by atoms with Crippen LogP contribution < -0.4 is 5.32 Å². The number of thioether (sulfide) groups is 1. The van der Waals surface area contributed by atoms with E-state index in [1.54, 1.807) is 0 Å². The molecule has 2 atom stereocenters. The van der Waals surface area contributed by atoms with Gasteiger partial charge in [-0.1, -0.05) is 43.7 Å². The van der Waals surface area contributed by atoms with Crippen molar-refractivity contribution in [1.29, 1.82) is 0 Å². The molecule has 1 aromatic rings. The Morgan fingerprint density at radius 1 is 1.33 bits per heavy atom. The minimum Gasteiger partial charge on any atom is -0.309 e. The molecule has 1 N–H and O–H groups in total. The predicted octanol–water partition coefficient (Wildman–Crippen LogP) is 4.40. The molecule has 0 amide bonds. The lowest BCUT2D eigenvalue weighted by atomic mass is 10.00. The van der Waals surface area contributed by atoms with Crippen molar-refractivity contribution in [2.24, 2.45) is 0 Å². The highest BCUT2D eigenvalue weighted by atomic mass is 32.2. The summed E-state index contributed by atoms with van der Waals surface area (Å²) >= 11 is 2.14. The molecule has 100 valence electrons. The number of hydrogen-bond acceptors (Lipinski definition) is 2. The first kappa shape index (κ1) is 14.0. The van der Waals surface area contributed by atoms with Gasteiger partial charge in [0.15, 0.2) is 0 Å². The van der Waals surface area contributed by atoms with Crippen LogP contribution in [0, 0.1) is 0 Å². The summed E-state index contributed by atoms with van der Waals surface area (Å²) in [6, 6.07) is 11.4. The molecule has 2 unspecified atom stereocenters. The molecule has 18 heavy (non-hydrogen) atoms. The lowest BCUT2D eigenvalue weighted by molar-refractivity contribution is 0.448. The van der Waals surface area contributed by atoms with E-state index in [1.807, 2.05) is 0 Å². The van der Waals surface area contributed by atoms with E-state index in [0.29, 0.717) is 10.8 Å². The van der Waals surface area contributed by atoms with Gasteiger partial charge >= 0.3 is 0 Å². The number of nitrogens with one attached hydrogen (secondary N) is 1. The van der Waals surface area contributed by atoms with Gasteiger partial charge in [-0.05, 0) is 37.5 Å². The van der Waals surface area contributed by atoms with Gasteiger partial charge in [-0.25, -0.2) is 0 Å². The molecule has 2 heteroatoms. The Hall–Kier alpha value is -0.470. The highest BCUT2D eigenvalue weighted by Crippen LogP contribution is 2.37. The maximum absolute atomic E-state index is 3.80. The molecule has 0 radical (unpaired) electrons. The van der Waals surface area contributed by atoms with Crippen molar-refractivity contribution in [2.75, 3.05) is 12.3 Å². The first-order valence-corrected chi connectivity index (χ1v) is 8.14. The molecular weight excluding hydrogens is 238 g/mol. The maximum Gasteiger partial charge on any atom is 0.0320 e. The van der Waals surface area contributed by atoms with Crippen molar-refractivity contribution < 1.29 is 0 Å². The molecular formula is C16H25NS. The first-order valence-electron chi connectivity index (χ1n) is 7.16. The van der Waals surface area contributed by atoms with Gasteiger partial charge in [-0.2, -0.15) is 11.8 Å². The third-order valence-corrected chi connectivity index (χ3v) is 5.34. The summed E-state index contributed by atoms with van der Waals surface area (Å²) in [5.41, 5.74) is 1.44. The van der Waals surface area contributed by atoms with E-state index < -0.39 is 0 Å². The van der Waals surface area contributed by atoms with Gasteiger partial charge in [0.1, 0.15) is 0 Å². The second-order valence-electron chi connectivity index (χ2n) is 5.53. The summed E-state index contributed by atoms with van der Waals surface area (Å²) in [5.74, 6) is 1.34. The summed E-state index contributed by atoms with van der Waals surface area (Å²) < 4.78 is 0.459. The Kier molecular flexibility index (Phi) is 5.13. The third kappa shape index (κ3) is 3.76. The molecule has 0 bridgehead atoms. The van der Waals surface area contributed by atoms with Crippen molar-refractivity contribution in [3.63, 3.8) is 0 Å². The van der Waals surface area contributed by atoms with Crippen LogP contribution in [0.15, 0.2) is 30.3 Å². The van der Waals surface area contributed by atoms with E-state index in [-0.39, 0.29) is 0 Å². The van der Waals surface area contributed by atoms with Gasteiger partial charge in [-0.3, -0.25) is 0 Å². The van der Waals surface area contributed by atoms with Crippen LogP contribution in [-0.4, -0.2) is 17.0 Å². The molecule has 2 rings (SSSR count). The smallest absolute Gasteiger partial charge is 0.0320 e. The average molecular weight is 263 g/mol. The first-order chi connectivity index (χ1) is 8.73. The summed E-state index contributed by atoms with van der Waals surface area (Å²) in [6.07, 6.45) is 5.20. The molecule has 1 saturated heterocycles. The highest BCUT2D eigenvalue weighted by Gasteiger charge is 2.29. The van der Waals surface area contributed by atoms with Crippen LogP contribution in [-0.2, 0) is 0 Å². The molecule has 0 aliphatic carbocycles. The largest absolute Gasteiger partial charge is 0.309 e. The fourth-order valence-electron chi connectivity index (χ4n) is 2.68. The molecule has 1 nitrogen and oxygen atoms in total. The van der Waals surface area contributed by atoms with Gasteiger partial charge in [-0.15, -0.1) is 0 Å². The van der Waals surface area contributed by atoms with Crippen LogP contribution in [0.25, 0.3) is 0 Å². The maximum atomic E-state index is 3.80. The van der Waals surface area contributed by atoms with Crippen molar-refractivity contribution in [2.45, 2.75) is 50.3 Å². The van der Waals surface area contributed by atoms with E-state index in [2.05, 4.69) is 61.3 Å². The van der Waals surface area contributed by atoms with Crippen LogP contribution in [0.5, 0.6) is 0 Å². The Balaban J connectivity index is 1.94. The average Bonchev–Trinajstić information content (AvgIpc) is 2.83. The van der Waals surface area contributed by atoms with E-state index >= 15 is 0 Å². The minimum atomic E-state index is 0.459. The summed E-state index contributed by atoms with van der Waals surface area (Å²) in [7, 11) is 0. The van der Waals surface area contributed by atoms with Gasteiger partial charge < -0.3 is 5.32 Å². The highest BCUT2D eigenvalue weighted by molar-refractivity contribution is 8.00. The fourth-order valence-corrected chi connectivity index (χ4v) is 3.93. The summed E-state index contributed by atoms with van der Waals surface area (Å²) in [6.45, 7) is 5.81. The van der Waals surface area contributed by atoms with Crippen LogP contribution in [0.4, 0.5) is 0 Å². The Morgan fingerprint density at radius 2 is 2.11 bits per heavy atom. The van der Waals surface area contributed by atoms with Crippen molar-refractivity contribution in [3.05, 3.63) is 35.9 Å². The number of rotatable bonds is 6. The zero-order valence-electron chi connectivity index (χ0n) is 11.6. The van der Waals surface area contributed by atoms with Crippen molar-refractivity contribution in [3.8, 4) is 0 Å². The SMILES string of the molecule is CCCC(NCC1(C)CCCS1)c1ccccc1. The molecule has 1 aliphatic heterocycles. The van der Waals surface area contributed by atoms with Crippen molar-refractivity contribution >= 4 is 11.8 Å².